The number of nitrogens with one attached hydrogen (secondary N) is 2. The molecule has 3 rings (SSSR count). The summed E-state index contributed by atoms with van der Waals surface area (Å²) in [6.07, 6.45) is 1.38. The van der Waals surface area contributed by atoms with Gasteiger partial charge in [0.2, 0.25) is 5.91 Å². The first-order chi connectivity index (χ1) is 13.2. The Hall–Kier alpha value is -2.40. The van der Waals surface area contributed by atoms with Crippen molar-refractivity contribution in [1.82, 2.24) is 10.2 Å². The Morgan fingerprint density at radius 2 is 1.96 bits per heavy atom. The van der Waals surface area contributed by atoms with Crippen LogP contribution in [0.3, 0.4) is 0 Å². The third kappa shape index (κ3) is 4.53. The number of carbonyl (C=O) groups excluding carboxylic acids is 3. The molecule has 2 aromatic rings. The molecule has 0 aliphatic carbocycles. The molecule has 0 unspecified atom stereocenters. The molecular formula is C19H15BrIN3O4. The Kier molecular flexibility index (Phi) is 6.04. The molecule has 1 fully saturated rings. The highest BCUT2D eigenvalue weighted by Gasteiger charge is 2.35. The van der Waals surface area contributed by atoms with Crippen LogP contribution in [0.4, 0.5) is 10.5 Å². The van der Waals surface area contributed by atoms with E-state index in [1.807, 2.05) is 41.6 Å². The predicted molar refractivity (Wildman–Crippen MR) is 117 cm³/mol. The first-order valence-electron chi connectivity index (χ1n) is 8.13. The Bertz CT molecular complexity index is 1000. The molecule has 0 aromatic heterocycles. The molecule has 1 saturated heterocycles. The number of hydrogen-bond acceptors (Lipinski definition) is 4. The molecule has 4 amide bonds. The topological polar surface area (TPSA) is 98.7 Å². The van der Waals surface area contributed by atoms with Crippen LogP contribution in [-0.2, 0) is 9.59 Å². The zero-order valence-electron chi connectivity index (χ0n) is 14.6. The fourth-order valence-electron chi connectivity index (χ4n) is 2.55. The number of rotatable bonds is 4. The number of urea groups is 1. The Labute approximate surface area is 183 Å². The molecule has 3 N–H and O–H groups in total. The zero-order chi connectivity index (χ0) is 20.4. The van der Waals surface area contributed by atoms with Crippen LogP contribution in [-0.4, -0.2) is 34.4 Å². The van der Waals surface area contributed by atoms with E-state index < -0.39 is 24.4 Å². The number of phenols is 1. The van der Waals surface area contributed by atoms with Crippen LogP contribution >= 0.6 is 38.5 Å². The maximum absolute atomic E-state index is 12.5. The largest absolute Gasteiger partial charge is 0.506 e. The molecular weight excluding hydrogens is 541 g/mol. The molecule has 1 aliphatic heterocycles. The summed E-state index contributed by atoms with van der Waals surface area (Å²) in [6, 6.07) is 9.81. The molecule has 0 radical (unpaired) electrons. The van der Waals surface area contributed by atoms with Crippen LogP contribution in [0, 0.1) is 10.5 Å². The van der Waals surface area contributed by atoms with Crippen LogP contribution in [0.2, 0.25) is 0 Å². The van der Waals surface area contributed by atoms with E-state index in [2.05, 4.69) is 26.6 Å². The monoisotopic (exact) mass is 555 g/mol. The van der Waals surface area contributed by atoms with Crippen LogP contribution in [0.5, 0.6) is 5.75 Å². The molecule has 2 aromatic carbocycles. The number of aromatic hydroxyl groups is 1. The summed E-state index contributed by atoms with van der Waals surface area (Å²) in [4.78, 5) is 37.7. The van der Waals surface area contributed by atoms with E-state index in [4.69, 9.17) is 0 Å². The third-order valence-electron chi connectivity index (χ3n) is 3.96. The van der Waals surface area contributed by atoms with E-state index in [0.717, 1.165) is 10.5 Å². The van der Waals surface area contributed by atoms with Gasteiger partial charge in [-0.15, -0.1) is 0 Å². The lowest BCUT2D eigenvalue weighted by Gasteiger charge is -2.12. The number of imide groups is 1. The predicted octanol–water partition coefficient (Wildman–Crippen LogP) is 3.60. The number of halogens is 2. The smallest absolute Gasteiger partial charge is 0.329 e. The minimum absolute atomic E-state index is 0.00564. The molecule has 144 valence electrons. The van der Waals surface area contributed by atoms with Gasteiger partial charge < -0.3 is 15.7 Å². The molecule has 7 nitrogen and oxygen atoms in total. The summed E-state index contributed by atoms with van der Waals surface area (Å²) in [5, 5.41) is 15.2. The number of hydrogen-bond donors (Lipinski definition) is 3. The van der Waals surface area contributed by atoms with Crippen molar-refractivity contribution in [2.45, 2.75) is 6.92 Å². The summed E-state index contributed by atoms with van der Waals surface area (Å²) in [6.45, 7) is 1.51. The van der Waals surface area contributed by atoms with Crippen molar-refractivity contribution in [3.8, 4) is 5.75 Å². The molecule has 1 aliphatic rings. The highest BCUT2D eigenvalue weighted by molar-refractivity contribution is 14.1. The number of benzene rings is 2. The van der Waals surface area contributed by atoms with Crippen LogP contribution < -0.4 is 10.6 Å². The lowest BCUT2D eigenvalue weighted by molar-refractivity contribution is -0.127. The standard InChI is InChI=1S/C19H15BrIN3O4/c1-10-2-4-13(5-3-10)22-16(25)9-24-18(27)15(23-19(24)28)7-11-6-12(20)8-14(21)17(11)26/h2-8,26H,9H2,1H3,(H,22,25)(H,23,28)/b15-7+. The van der Waals surface area contributed by atoms with Crippen molar-refractivity contribution in [2.24, 2.45) is 0 Å². The van der Waals surface area contributed by atoms with Gasteiger partial charge in [0.25, 0.3) is 5.91 Å². The van der Waals surface area contributed by atoms with Crippen LogP contribution in [0.15, 0.2) is 46.6 Å². The first kappa shape index (κ1) is 20.3. The number of amides is 4. The fraction of sp³-hybridized carbons (Fsp3) is 0.105. The van der Waals surface area contributed by atoms with Gasteiger partial charge in [0.15, 0.2) is 0 Å². The summed E-state index contributed by atoms with van der Waals surface area (Å²) in [5.74, 6) is -1.14. The summed E-state index contributed by atoms with van der Waals surface area (Å²) in [7, 11) is 0. The Balaban J connectivity index is 1.74. The van der Waals surface area contributed by atoms with Crippen molar-refractivity contribution in [1.29, 1.82) is 0 Å². The fourth-order valence-corrected chi connectivity index (χ4v) is 4.10. The van der Waals surface area contributed by atoms with Gasteiger partial charge in [-0.3, -0.25) is 9.59 Å². The van der Waals surface area contributed by atoms with E-state index in [9.17, 15) is 19.5 Å². The van der Waals surface area contributed by atoms with Crippen molar-refractivity contribution in [3.05, 3.63) is 61.3 Å². The highest BCUT2D eigenvalue weighted by Crippen LogP contribution is 2.30. The maximum atomic E-state index is 12.5. The minimum atomic E-state index is -0.695. The highest BCUT2D eigenvalue weighted by atomic mass is 127. The van der Waals surface area contributed by atoms with Gasteiger partial charge >= 0.3 is 6.03 Å². The maximum Gasteiger partial charge on any atom is 0.329 e. The van der Waals surface area contributed by atoms with E-state index >= 15 is 0 Å². The molecule has 0 bridgehead atoms. The lowest BCUT2D eigenvalue weighted by atomic mass is 10.1. The second-order valence-corrected chi connectivity index (χ2v) is 8.20. The Morgan fingerprint density at radius 3 is 2.64 bits per heavy atom. The normalized spacial score (nSPS) is 15.1. The van der Waals surface area contributed by atoms with E-state index in [0.29, 0.717) is 19.3 Å². The van der Waals surface area contributed by atoms with E-state index in [1.165, 1.54) is 6.08 Å². The SMILES string of the molecule is Cc1ccc(NC(=O)CN2C(=O)N/C(=C/c3cc(Br)cc(I)c3O)C2=O)cc1. The van der Waals surface area contributed by atoms with Gasteiger partial charge in [0.1, 0.15) is 18.0 Å². The van der Waals surface area contributed by atoms with E-state index in [1.54, 1.807) is 24.3 Å². The summed E-state index contributed by atoms with van der Waals surface area (Å²) < 4.78 is 1.30. The van der Waals surface area contributed by atoms with E-state index in [-0.39, 0.29) is 11.4 Å². The molecule has 28 heavy (non-hydrogen) atoms. The summed E-state index contributed by atoms with van der Waals surface area (Å²) >= 11 is 5.28. The lowest BCUT2D eigenvalue weighted by Crippen LogP contribution is -2.38. The van der Waals surface area contributed by atoms with Gasteiger partial charge in [-0.2, -0.15) is 0 Å². The quantitative estimate of drug-likeness (QED) is 0.305. The molecule has 1 heterocycles. The molecule has 0 atom stereocenters. The van der Waals surface area contributed by atoms with Gasteiger partial charge in [-0.05, 0) is 59.9 Å². The number of aryl methyl sites for hydroxylation is 1. The van der Waals surface area contributed by atoms with Gasteiger partial charge in [0, 0.05) is 15.7 Å². The van der Waals surface area contributed by atoms with Crippen LogP contribution in [0.25, 0.3) is 6.08 Å². The minimum Gasteiger partial charge on any atom is -0.506 e. The average Bonchev–Trinajstić information content (AvgIpc) is 2.88. The number of anilines is 1. The zero-order valence-corrected chi connectivity index (χ0v) is 18.4. The van der Waals surface area contributed by atoms with Gasteiger partial charge in [-0.1, -0.05) is 33.6 Å². The van der Waals surface area contributed by atoms with Crippen molar-refractivity contribution >= 4 is 68.1 Å². The van der Waals surface area contributed by atoms with Gasteiger partial charge in [-0.25, -0.2) is 9.69 Å². The van der Waals surface area contributed by atoms with Gasteiger partial charge in [0.05, 0.1) is 3.57 Å². The number of phenolic OH excluding ortho intramolecular Hbond substituents is 1. The molecule has 0 spiro atoms. The summed E-state index contributed by atoms with van der Waals surface area (Å²) in [5.41, 5.74) is 1.98. The first-order valence-corrected chi connectivity index (χ1v) is 10.0. The van der Waals surface area contributed by atoms with Crippen LogP contribution in [0.1, 0.15) is 11.1 Å². The van der Waals surface area contributed by atoms with Crippen molar-refractivity contribution in [2.75, 3.05) is 11.9 Å². The van der Waals surface area contributed by atoms with Crippen molar-refractivity contribution in [3.63, 3.8) is 0 Å². The van der Waals surface area contributed by atoms with Crippen molar-refractivity contribution < 1.29 is 19.5 Å². The second-order valence-electron chi connectivity index (χ2n) is 6.12. The Morgan fingerprint density at radius 1 is 1.29 bits per heavy atom. The third-order valence-corrected chi connectivity index (χ3v) is 5.24. The average molecular weight is 556 g/mol. The second kappa shape index (κ2) is 8.31. The molecule has 0 saturated carbocycles. The number of nitrogens with zero attached hydrogens (tertiary/aromatic N) is 1. The molecule has 9 heteroatoms. The number of carbonyl (C=O) groups is 3.